The van der Waals surface area contributed by atoms with E-state index in [0.29, 0.717) is 29.6 Å². The topological polar surface area (TPSA) is 49.9 Å². The van der Waals surface area contributed by atoms with Gasteiger partial charge in [-0.2, -0.15) is 0 Å². The number of likely N-dealkylation sites (tertiary alicyclic amines) is 1. The molecule has 2 aromatic carbocycles. The Morgan fingerprint density at radius 2 is 1.91 bits per heavy atom. The van der Waals surface area contributed by atoms with Crippen LogP contribution in [0.2, 0.25) is 5.02 Å². The predicted octanol–water partition coefficient (Wildman–Crippen LogP) is 4.71. The Labute approximate surface area is 194 Å². The average molecular weight is 453 g/mol. The third-order valence-corrected chi connectivity index (χ3v) is 7.65. The van der Waals surface area contributed by atoms with E-state index >= 15 is 0 Å². The van der Waals surface area contributed by atoms with Gasteiger partial charge < -0.3 is 14.5 Å². The van der Waals surface area contributed by atoms with Gasteiger partial charge in [0.1, 0.15) is 11.8 Å². The van der Waals surface area contributed by atoms with Crippen molar-refractivity contribution in [2.45, 2.75) is 57.2 Å². The standard InChI is InChI=1S/C26H29ClN2O3/c1-32-22-10-9-17-11-12-28(16-20(17)14-22)26(31)24-15-18-5-2-3-8-23(18)29(24)25(30)19-6-4-7-21(27)13-19/h4,6-7,9-10,13-14,18,23-24H,2-3,5,8,11-12,15-16H2,1H3. The first-order chi connectivity index (χ1) is 15.5. The molecule has 1 saturated heterocycles. The average Bonchev–Trinajstić information content (AvgIpc) is 3.22. The van der Waals surface area contributed by atoms with Gasteiger partial charge in [0.05, 0.1) is 7.11 Å². The van der Waals surface area contributed by atoms with Crippen LogP contribution in [0.4, 0.5) is 0 Å². The lowest BCUT2D eigenvalue weighted by Gasteiger charge is -2.36. The van der Waals surface area contributed by atoms with E-state index in [1.807, 2.05) is 21.9 Å². The quantitative estimate of drug-likeness (QED) is 0.677. The molecule has 0 aromatic heterocycles. The highest BCUT2D eigenvalue weighted by atomic mass is 35.5. The molecule has 0 N–H and O–H groups in total. The van der Waals surface area contributed by atoms with Crippen LogP contribution in [-0.2, 0) is 17.8 Å². The van der Waals surface area contributed by atoms with Crippen molar-refractivity contribution < 1.29 is 14.3 Å². The minimum absolute atomic E-state index is 0.0701. The van der Waals surface area contributed by atoms with Crippen molar-refractivity contribution in [1.29, 1.82) is 0 Å². The highest BCUT2D eigenvalue weighted by molar-refractivity contribution is 6.31. The number of hydrogen-bond acceptors (Lipinski definition) is 3. The number of ether oxygens (including phenoxy) is 1. The van der Waals surface area contributed by atoms with Crippen molar-refractivity contribution in [1.82, 2.24) is 9.80 Å². The zero-order chi connectivity index (χ0) is 22.2. The van der Waals surface area contributed by atoms with Crippen molar-refractivity contribution in [3.05, 3.63) is 64.2 Å². The number of halogens is 1. The van der Waals surface area contributed by atoms with E-state index in [4.69, 9.17) is 16.3 Å². The molecule has 3 unspecified atom stereocenters. The lowest BCUT2D eigenvalue weighted by atomic mass is 9.84. The zero-order valence-electron chi connectivity index (χ0n) is 18.4. The number of rotatable bonds is 3. The van der Waals surface area contributed by atoms with Gasteiger partial charge in [-0.15, -0.1) is 0 Å². The fraction of sp³-hybridized carbons (Fsp3) is 0.462. The summed E-state index contributed by atoms with van der Waals surface area (Å²) in [4.78, 5) is 31.2. The van der Waals surface area contributed by atoms with Gasteiger partial charge >= 0.3 is 0 Å². The van der Waals surface area contributed by atoms with Gasteiger partial charge in [-0.1, -0.05) is 36.6 Å². The summed E-state index contributed by atoms with van der Waals surface area (Å²) in [6.07, 6.45) is 5.94. The SMILES string of the molecule is COc1ccc2c(c1)CN(C(=O)C1CC3CCCCC3N1C(=O)c1cccc(Cl)c1)CC2. The first-order valence-electron chi connectivity index (χ1n) is 11.6. The fourth-order valence-electron chi connectivity index (χ4n) is 5.80. The van der Waals surface area contributed by atoms with Crippen LogP contribution in [0.15, 0.2) is 42.5 Å². The Morgan fingerprint density at radius 3 is 2.72 bits per heavy atom. The van der Waals surface area contributed by atoms with E-state index in [9.17, 15) is 9.59 Å². The van der Waals surface area contributed by atoms with Crippen LogP contribution >= 0.6 is 11.6 Å². The molecular formula is C26H29ClN2O3. The number of fused-ring (bicyclic) bond motifs is 2. The Morgan fingerprint density at radius 1 is 1.06 bits per heavy atom. The monoisotopic (exact) mass is 452 g/mol. The molecule has 3 aliphatic rings. The van der Waals surface area contributed by atoms with E-state index in [1.165, 1.54) is 12.0 Å². The smallest absolute Gasteiger partial charge is 0.254 e. The van der Waals surface area contributed by atoms with Crippen molar-refractivity contribution in [3.8, 4) is 5.75 Å². The fourth-order valence-corrected chi connectivity index (χ4v) is 5.99. The lowest BCUT2D eigenvalue weighted by molar-refractivity contribution is -0.136. The van der Waals surface area contributed by atoms with Crippen molar-refractivity contribution in [2.75, 3.05) is 13.7 Å². The summed E-state index contributed by atoms with van der Waals surface area (Å²) < 4.78 is 5.38. The number of hydrogen-bond donors (Lipinski definition) is 0. The predicted molar refractivity (Wildman–Crippen MR) is 124 cm³/mol. The van der Waals surface area contributed by atoms with Gasteiger partial charge in [0.2, 0.25) is 5.91 Å². The van der Waals surface area contributed by atoms with Crippen molar-refractivity contribution >= 4 is 23.4 Å². The summed E-state index contributed by atoms with van der Waals surface area (Å²) in [7, 11) is 1.66. The number of carbonyl (C=O) groups is 2. The molecule has 3 atom stereocenters. The number of nitrogens with zero attached hydrogens (tertiary/aromatic N) is 2. The maximum atomic E-state index is 13.8. The van der Waals surface area contributed by atoms with Gasteiger partial charge in [0.25, 0.3) is 5.91 Å². The van der Waals surface area contributed by atoms with E-state index in [1.54, 1.807) is 31.4 Å². The maximum Gasteiger partial charge on any atom is 0.254 e. The number of methoxy groups -OCH3 is 1. The second-order valence-electron chi connectivity index (χ2n) is 9.23. The molecule has 2 amide bonds. The summed E-state index contributed by atoms with van der Waals surface area (Å²) in [5, 5.41) is 0.541. The van der Waals surface area contributed by atoms with Crippen LogP contribution < -0.4 is 4.74 Å². The summed E-state index contributed by atoms with van der Waals surface area (Å²) >= 11 is 6.17. The summed E-state index contributed by atoms with van der Waals surface area (Å²) in [5.41, 5.74) is 2.96. The van der Waals surface area contributed by atoms with Crippen LogP contribution in [0.5, 0.6) is 5.75 Å². The van der Waals surface area contributed by atoms with Crippen LogP contribution in [0.3, 0.4) is 0 Å². The Kier molecular flexibility index (Phi) is 5.85. The lowest BCUT2D eigenvalue weighted by Crippen LogP contribution is -2.51. The zero-order valence-corrected chi connectivity index (χ0v) is 19.2. The van der Waals surface area contributed by atoms with Gasteiger partial charge in [-0.3, -0.25) is 9.59 Å². The highest BCUT2D eigenvalue weighted by Crippen LogP contribution is 2.41. The Hall–Kier alpha value is -2.53. The summed E-state index contributed by atoms with van der Waals surface area (Å²) in [5.74, 6) is 1.21. The molecule has 1 saturated carbocycles. The number of amides is 2. The maximum absolute atomic E-state index is 13.8. The summed E-state index contributed by atoms with van der Waals surface area (Å²) in [6.45, 7) is 1.25. The molecule has 32 heavy (non-hydrogen) atoms. The first-order valence-corrected chi connectivity index (χ1v) is 12.0. The molecule has 2 aliphatic heterocycles. The molecule has 2 aromatic rings. The molecule has 168 valence electrons. The largest absolute Gasteiger partial charge is 0.497 e. The van der Waals surface area contributed by atoms with Crippen LogP contribution in [0.1, 0.15) is 53.6 Å². The van der Waals surface area contributed by atoms with E-state index in [0.717, 1.165) is 43.4 Å². The van der Waals surface area contributed by atoms with Crippen LogP contribution in [0.25, 0.3) is 0 Å². The molecule has 2 fully saturated rings. The minimum atomic E-state index is -0.401. The molecule has 0 bridgehead atoms. The van der Waals surface area contributed by atoms with E-state index in [2.05, 4.69) is 6.07 Å². The molecular weight excluding hydrogens is 424 g/mol. The molecule has 0 radical (unpaired) electrons. The second-order valence-corrected chi connectivity index (χ2v) is 9.67. The van der Waals surface area contributed by atoms with E-state index in [-0.39, 0.29) is 17.9 Å². The third kappa shape index (κ3) is 3.88. The van der Waals surface area contributed by atoms with E-state index < -0.39 is 6.04 Å². The first kappa shape index (κ1) is 21.3. The van der Waals surface area contributed by atoms with Crippen LogP contribution in [-0.4, -0.2) is 47.4 Å². The highest BCUT2D eigenvalue weighted by Gasteiger charge is 2.48. The Balaban J connectivity index is 1.42. The van der Waals surface area contributed by atoms with Gasteiger partial charge in [0.15, 0.2) is 0 Å². The number of carbonyl (C=O) groups excluding carboxylic acids is 2. The van der Waals surface area contributed by atoms with Gasteiger partial charge in [-0.25, -0.2) is 0 Å². The van der Waals surface area contributed by atoms with Gasteiger partial charge in [-0.05, 0) is 73.1 Å². The molecule has 0 spiro atoms. The minimum Gasteiger partial charge on any atom is -0.497 e. The van der Waals surface area contributed by atoms with Crippen LogP contribution in [0, 0.1) is 5.92 Å². The second kappa shape index (κ2) is 8.78. The molecule has 6 heteroatoms. The molecule has 1 aliphatic carbocycles. The number of benzene rings is 2. The van der Waals surface area contributed by atoms with Crippen molar-refractivity contribution in [2.24, 2.45) is 5.92 Å². The van der Waals surface area contributed by atoms with Crippen molar-refractivity contribution in [3.63, 3.8) is 0 Å². The molecule has 5 rings (SSSR count). The Bertz CT molecular complexity index is 1040. The normalized spacial score (nSPS) is 24.6. The summed E-state index contributed by atoms with van der Waals surface area (Å²) in [6, 6.07) is 12.9. The molecule has 5 nitrogen and oxygen atoms in total. The van der Waals surface area contributed by atoms with Gasteiger partial charge in [0, 0.05) is 29.7 Å². The third-order valence-electron chi connectivity index (χ3n) is 7.42. The molecule has 2 heterocycles.